The molecule has 100 valence electrons. The van der Waals surface area contributed by atoms with Crippen LogP contribution in [0.15, 0.2) is 6.07 Å². The predicted molar refractivity (Wildman–Crippen MR) is 71.0 cm³/mol. The van der Waals surface area contributed by atoms with Crippen LogP contribution >= 0.6 is 0 Å². The molecule has 0 amide bonds. The molecule has 18 heavy (non-hydrogen) atoms. The fourth-order valence-corrected chi connectivity index (χ4v) is 2.11. The molecule has 1 atom stereocenters. The average Bonchev–Trinajstić information content (AvgIpc) is 3.11. The van der Waals surface area contributed by atoms with Gasteiger partial charge in [0.2, 0.25) is 0 Å². The third kappa shape index (κ3) is 2.79. The SMILES string of the molecule is COC(c1nc(NN)cc(C2CC2)n1)C(C)(C)C. The second kappa shape index (κ2) is 4.82. The van der Waals surface area contributed by atoms with Crippen molar-refractivity contribution in [2.45, 2.75) is 45.6 Å². The van der Waals surface area contributed by atoms with Gasteiger partial charge < -0.3 is 10.2 Å². The smallest absolute Gasteiger partial charge is 0.160 e. The summed E-state index contributed by atoms with van der Waals surface area (Å²) in [5, 5.41) is 0. The molecule has 0 aromatic carbocycles. The molecule has 0 radical (unpaired) electrons. The van der Waals surface area contributed by atoms with E-state index in [0.29, 0.717) is 17.6 Å². The third-order valence-corrected chi connectivity index (χ3v) is 3.16. The monoisotopic (exact) mass is 250 g/mol. The van der Waals surface area contributed by atoms with E-state index >= 15 is 0 Å². The van der Waals surface area contributed by atoms with Gasteiger partial charge in [-0.3, -0.25) is 0 Å². The number of methoxy groups -OCH3 is 1. The van der Waals surface area contributed by atoms with Crippen molar-refractivity contribution in [2.75, 3.05) is 12.5 Å². The van der Waals surface area contributed by atoms with Gasteiger partial charge in [0, 0.05) is 24.8 Å². The van der Waals surface area contributed by atoms with Gasteiger partial charge in [0.05, 0.1) is 0 Å². The Hall–Kier alpha value is -1.20. The van der Waals surface area contributed by atoms with Crippen molar-refractivity contribution < 1.29 is 4.74 Å². The van der Waals surface area contributed by atoms with Crippen LogP contribution in [-0.4, -0.2) is 17.1 Å². The quantitative estimate of drug-likeness (QED) is 0.634. The number of nitrogens with one attached hydrogen (secondary N) is 1. The van der Waals surface area contributed by atoms with Crippen LogP contribution in [0.25, 0.3) is 0 Å². The highest BCUT2D eigenvalue weighted by Gasteiger charge is 2.32. The van der Waals surface area contributed by atoms with E-state index in [0.717, 1.165) is 5.69 Å². The zero-order valence-electron chi connectivity index (χ0n) is 11.5. The summed E-state index contributed by atoms with van der Waals surface area (Å²) >= 11 is 0. The molecule has 3 N–H and O–H groups in total. The van der Waals surface area contributed by atoms with Gasteiger partial charge in [-0.1, -0.05) is 20.8 Å². The molecule has 0 saturated heterocycles. The summed E-state index contributed by atoms with van der Waals surface area (Å²) in [6.07, 6.45) is 2.27. The molecule has 1 aromatic rings. The van der Waals surface area contributed by atoms with Crippen LogP contribution in [0.5, 0.6) is 0 Å². The van der Waals surface area contributed by atoms with Gasteiger partial charge in [-0.15, -0.1) is 0 Å². The second-order valence-corrected chi connectivity index (χ2v) is 5.94. The lowest BCUT2D eigenvalue weighted by atomic mass is 9.88. The summed E-state index contributed by atoms with van der Waals surface area (Å²) in [5.74, 6) is 7.41. The third-order valence-electron chi connectivity index (χ3n) is 3.16. The number of nitrogen functional groups attached to an aromatic ring is 1. The van der Waals surface area contributed by atoms with E-state index in [-0.39, 0.29) is 11.5 Å². The minimum atomic E-state index is -0.136. The minimum absolute atomic E-state index is 0.0528. The summed E-state index contributed by atoms with van der Waals surface area (Å²) in [4.78, 5) is 9.08. The van der Waals surface area contributed by atoms with Crippen LogP contribution in [0.4, 0.5) is 5.82 Å². The molecule has 5 nitrogen and oxygen atoms in total. The first-order valence-corrected chi connectivity index (χ1v) is 6.34. The van der Waals surface area contributed by atoms with Gasteiger partial charge in [-0.25, -0.2) is 15.8 Å². The Balaban J connectivity index is 2.38. The molecule has 1 heterocycles. The van der Waals surface area contributed by atoms with Crippen molar-refractivity contribution in [3.05, 3.63) is 17.6 Å². The summed E-state index contributed by atoms with van der Waals surface area (Å²) in [6.45, 7) is 6.34. The zero-order chi connectivity index (χ0) is 13.3. The predicted octanol–water partition coefficient (Wildman–Crippen LogP) is 2.37. The van der Waals surface area contributed by atoms with E-state index in [1.54, 1.807) is 7.11 Å². The van der Waals surface area contributed by atoms with Crippen molar-refractivity contribution in [2.24, 2.45) is 11.3 Å². The van der Waals surface area contributed by atoms with Crippen LogP contribution in [0.2, 0.25) is 0 Å². The Labute approximate surface area is 108 Å². The highest BCUT2D eigenvalue weighted by molar-refractivity contribution is 5.37. The Morgan fingerprint density at radius 1 is 1.39 bits per heavy atom. The largest absolute Gasteiger partial charge is 0.373 e. The van der Waals surface area contributed by atoms with Crippen molar-refractivity contribution in [3.63, 3.8) is 0 Å². The Bertz CT molecular complexity index is 423. The molecule has 0 aliphatic heterocycles. The minimum Gasteiger partial charge on any atom is -0.373 e. The molecular weight excluding hydrogens is 228 g/mol. The fraction of sp³-hybridized carbons (Fsp3) is 0.692. The highest BCUT2D eigenvalue weighted by Crippen LogP contribution is 2.41. The lowest BCUT2D eigenvalue weighted by Crippen LogP contribution is -2.23. The maximum atomic E-state index is 5.56. The highest BCUT2D eigenvalue weighted by atomic mass is 16.5. The molecule has 1 fully saturated rings. The van der Waals surface area contributed by atoms with Gasteiger partial charge in [0.15, 0.2) is 5.82 Å². The van der Waals surface area contributed by atoms with Gasteiger partial charge in [0.25, 0.3) is 0 Å². The fourth-order valence-electron chi connectivity index (χ4n) is 2.11. The number of hydrazine groups is 1. The number of nitrogens with two attached hydrogens (primary N) is 1. The molecule has 1 aromatic heterocycles. The molecular formula is C13H22N4O. The number of rotatable bonds is 4. The summed E-state index contributed by atoms with van der Waals surface area (Å²) in [5.41, 5.74) is 3.63. The van der Waals surface area contributed by atoms with E-state index in [4.69, 9.17) is 10.6 Å². The number of ether oxygens (including phenoxy) is 1. The van der Waals surface area contributed by atoms with E-state index in [9.17, 15) is 0 Å². The lowest BCUT2D eigenvalue weighted by Gasteiger charge is -2.28. The van der Waals surface area contributed by atoms with E-state index in [2.05, 4.69) is 36.2 Å². The van der Waals surface area contributed by atoms with Crippen molar-refractivity contribution in [1.29, 1.82) is 0 Å². The standard InChI is InChI=1S/C13H22N4O/c1-13(2,3)11(18-4)12-15-9(8-5-6-8)7-10(16-12)17-14/h7-8,11H,5-6,14H2,1-4H3,(H,15,16,17). The molecule has 1 unspecified atom stereocenters. The van der Waals surface area contributed by atoms with Crippen LogP contribution in [0.3, 0.4) is 0 Å². The first-order valence-electron chi connectivity index (χ1n) is 6.34. The van der Waals surface area contributed by atoms with Gasteiger partial charge in [0.1, 0.15) is 11.9 Å². The van der Waals surface area contributed by atoms with Crippen LogP contribution in [0, 0.1) is 5.41 Å². The van der Waals surface area contributed by atoms with Crippen molar-refractivity contribution in [3.8, 4) is 0 Å². The molecule has 0 spiro atoms. The van der Waals surface area contributed by atoms with Gasteiger partial charge in [-0.2, -0.15) is 0 Å². The molecule has 1 aliphatic carbocycles. The maximum absolute atomic E-state index is 5.56. The van der Waals surface area contributed by atoms with Crippen LogP contribution in [-0.2, 0) is 4.74 Å². The summed E-state index contributed by atoms with van der Waals surface area (Å²) < 4.78 is 5.56. The van der Waals surface area contributed by atoms with Crippen LogP contribution in [0.1, 0.15) is 57.2 Å². The molecule has 5 heteroatoms. The number of anilines is 1. The van der Waals surface area contributed by atoms with Gasteiger partial charge in [-0.05, 0) is 18.3 Å². The first kappa shape index (κ1) is 13.2. The Morgan fingerprint density at radius 2 is 2.06 bits per heavy atom. The van der Waals surface area contributed by atoms with E-state index in [1.165, 1.54) is 12.8 Å². The molecule has 1 saturated carbocycles. The second-order valence-electron chi connectivity index (χ2n) is 5.94. The van der Waals surface area contributed by atoms with Crippen LogP contribution < -0.4 is 11.3 Å². The van der Waals surface area contributed by atoms with E-state index in [1.807, 2.05) is 6.07 Å². The van der Waals surface area contributed by atoms with Crippen molar-refractivity contribution >= 4 is 5.82 Å². The Morgan fingerprint density at radius 3 is 2.50 bits per heavy atom. The normalized spacial score (nSPS) is 17.6. The molecule has 1 aliphatic rings. The number of hydrogen-bond acceptors (Lipinski definition) is 5. The Kier molecular flexibility index (Phi) is 3.54. The molecule has 0 bridgehead atoms. The first-order chi connectivity index (χ1) is 8.45. The summed E-state index contributed by atoms with van der Waals surface area (Å²) in [7, 11) is 1.69. The lowest BCUT2D eigenvalue weighted by molar-refractivity contribution is 0.00861. The summed E-state index contributed by atoms with van der Waals surface area (Å²) in [6, 6.07) is 1.93. The van der Waals surface area contributed by atoms with Gasteiger partial charge >= 0.3 is 0 Å². The van der Waals surface area contributed by atoms with Crippen molar-refractivity contribution in [1.82, 2.24) is 9.97 Å². The number of nitrogens with zero attached hydrogens (tertiary/aromatic N) is 2. The number of hydrogen-bond donors (Lipinski definition) is 2. The zero-order valence-corrected chi connectivity index (χ0v) is 11.5. The molecule has 2 rings (SSSR count). The number of aromatic nitrogens is 2. The van der Waals surface area contributed by atoms with E-state index < -0.39 is 0 Å². The topological polar surface area (TPSA) is 73.1 Å². The average molecular weight is 250 g/mol. The maximum Gasteiger partial charge on any atom is 0.160 e.